The number of nitro groups is 1. The van der Waals surface area contributed by atoms with Crippen LogP contribution in [0.25, 0.3) is 0 Å². The number of rotatable bonds is 7. The van der Waals surface area contributed by atoms with Gasteiger partial charge in [0.05, 0.1) is 11.5 Å². The molecule has 19 heavy (non-hydrogen) atoms. The molecule has 0 fully saturated rings. The summed E-state index contributed by atoms with van der Waals surface area (Å²) < 4.78 is 5.39. The van der Waals surface area contributed by atoms with Crippen LogP contribution in [0.3, 0.4) is 0 Å². The molecular formula is C12H17N3O4. The third kappa shape index (κ3) is 4.55. The molecule has 1 aromatic rings. The van der Waals surface area contributed by atoms with Crippen molar-refractivity contribution in [2.75, 3.05) is 6.61 Å². The zero-order valence-electron chi connectivity index (χ0n) is 10.7. The second-order valence-electron chi connectivity index (χ2n) is 4.05. The highest BCUT2D eigenvalue weighted by atomic mass is 16.6. The number of carbonyl (C=O) groups is 1. The maximum absolute atomic E-state index is 10.9. The molecule has 1 amide bonds. The van der Waals surface area contributed by atoms with E-state index in [0.717, 1.165) is 0 Å². The lowest BCUT2D eigenvalue weighted by Gasteiger charge is -2.07. The summed E-state index contributed by atoms with van der Waals surface area (Å²) in [4.78, 5) is 21.3. The summed E-state index contributed by atoms with van der Waals surface area (Å²) in [7, 11) is 0. The van der Waals surface area contributed by atoms with Gasteiger partial charge in [-0.25, -0.2) is 5.84 Å². The van der Waals surface area contributed by atoms with E-state index in [4.69, 9.17) is 10.6 Å². The molecule has 7 heteroatoms. The second-order valence-corrected chi connectivity index (χ2v) is 4.05. The molecule has 0 unspecified atom stereocenters. The van der Waals surface area contributed by atoms with Crippen LogP contribution in [0.1, 0.15) is 24.8 Å². The fraction of sp³-hybridized carbons (Fsp3) is 0.417. The van der Waals surface area contributed by atoms with Crippen molar-refractivity contribution in [3.8, 4) is 5.75 Å². The Bertz CT molecular complexity index is 462. The van der Waals surface area contributed by atoms with Crippen LogP contribution >= 0.6 is 0 Å². The van der Waals surface area contributed by atoms with E-state index in [1.54, 1.807) is 25.1 Å². The highest BCUT2D eigenvalue weighted by Crippen LogP contribution is 2.30. The quantitative estimate of drug-likeness (QED) is 0.255. The minimum atomic E-state index is -0.452. The lowest BCUT2D eigenvalue weighted by molar-refractivity contribution is -0.386. The SMILES string of the molecule is Cc1cccc(OCCCCC(=O)NN)c1[N+](=O)[O-]. The van der Waals surface area contributed by atoms with Crippen LogP contribution < -0.4 is 16.0 Å². The maximum Gasteiger partial charge on any atom is 0.313 e. The molecule has 0 saturated heterocycles. The summed E-state index contributed by atoms with van der Waals surface area (Å²) >= 11 is 0. The van der Waals surface area contributed by atoms with Gasteiger partial charge >= 0.3 is 5.69 Å². The van der Waals surface area contributed by atoms with Crippen molar-refractivity contribution in [3.63, 3.8) is 0 Å². The predicted molar refractivity (Wildman–Crippen MR) is 69.5 cm³/mol. The van der Waals surface area contributed by atoms with Gasteiger partial charge in [-0.3, -0.25) is 20.3 Å². The number of unbranched alkanes of at least 4 members (excludes halogenated alkanes) is 1. The number of amides is 1. The average Bonchev–Trinajstić information content (AvgIpc) is 2.37. The molecule has 1 aromatic carbocycles. The van der Waals surface area contributed by atoms with Gasteiger partial charge in [-0.05, 0) is 25.8 Å². The maximum atomic E-state index is 10.9. The number of benzene rings is 1. The van der Waals surface area contributed by atoms with Crippen LogP contribution in [0.15, 0.2) is 18.2 Å². The van der Waals surface area contributed by atoms with E-state index in [2.05, 4.69) is 0 Å². The van der Waals surface area contributed by atoms with E-state index in [0.29, 0.717) is 31.4 Å². The van der Waals surface area contributed by atoms with Gasteiger partial charge in [-0.1, -0.05) is 12.1 Å². The van der Waals surface area contributed by atoms with Crippen LogP contribution in [-0.2, 0) is 4.79 Å². The standard InChI is InChI=1S/C12H17N3O4/c1-9-5-4-6-10(12(9)15(17)18)19-8-3-2-7-11(16)14-13/h4-6H,2-3,7-8,13H2,1H3,(H,14,16). The molecule has 0 atom stereocenters. The average molecular weight is 267 g/mol. The van der Waals surface area contributed by atoms with E-state index in [1.165, 1.54) is 0 Å². The van der Waals surface area contributed by atoms with Crippen molar-refractivity contribution in [3.05, 3.63) is 33.9 Å². The first-order valence-electron chi connectivity index (χ1n) is 5.92. The Morgan fingerprint density at radius 2 is 2.21 bits per heavy atom. The van der Waals surface area contributed by atoms with Crippen molar-refractivity contribution < 1.29 is 14.5 Å². The Hall–Kier alpha value is -2.15. The Labute approximate surface area is 110 Å². The number of nitrogens with zero attached hydrogens (tertiary/aromatic N) is 1. The monoisotopic (exact) mass is 267 g/mol. The molecule has 0 aromatic heterocycles. The largest absolute Gasteiger partial charge is 0.487 e. The number of carbonyl (C=O) groups excluding carboxylic acids is 1. The van der Waals surface area contributed by atoms with Gasteiger partial charge in [-0.15, -0.1) is 0 Å². The van der Waals surface area contributed by atoms with Crippen LogP contribution in [0.2, 0.25) is 0 Å². The van der Waals surface area contributed by atoms with Crippen molar-refractivity contribution in [1.29, 1.82) is 0 Å². The van der Waals surface area contributed by atoms with Crippen molar-refractivity contribution in [2.24, 2.45) is 5.84 Å². The van der Waals surface area contributed by atoms with Gasteiger partial charge in [0.2, 0.25) is 5.91 Å². The first-order valence-corrected chi connectivity index (χ1v) is 5.92. The van der Waals surface area contributed by atoms with Gasteiger partial charge in [0.25, 0.3) is 0 Å². The zero-order valence-corrected chi connectivity index (χ0v) is 10.7. The lowest BCUT2D eigenvalue weighted by Crippen LogP contribution is -2.29. The zero-order chi connectivity index (χ0) is 14.3. The van der Waals surface area contributed by atoms with E-state index < -0.39 is 4.92 Å². The molecule has 104 valence electrons. The summed E-state index contributed by atoms with van der Waals surface area (Å²) in [5, 5.41) is 10.9. The Morgan fingerprint density at radius 3 is 2.84 bits per heavy atom. The molecule has 0 aliphatic heterocycles. The number of hydrogen-bond donors (Lipinski definition) is 2. The molecule has 0 spiro atoms. The second kappa shape index (κ2) is 7.32. The molecule has 0 heterocycles. The Balaban J connectivity index is 2.48. The van der Waals surface area contributed by atoms with Crippen LogP contribution in [0.4, 0.5) is 5.69 Å². The van der Waals surface area contributed by atoms with Gasteiger partial charge in [0, 0.05) is 12.0 Å². The first kappa shape index (κ1) is 14.9. The summed E-state index contributed by atoms with van der Waals surface area (Å²) in [6.45, 7) is 1.98. The van der Waals surface area contributed by atoms with Gasteiger partial charge < -0.3 is 4.74 Å². The number of nitro benzene ring substituents is 1. The van der Waals surface area contributed by atoms with E-state index in [-0.39, 0.29) is 17.3 Å². The van der Waals surface area contributed by atoms with Crippen molar-refractivity contribution in [2.45, 2.75) is 26.2 Å². The van der Waals surface area contributed by atoms with Gasteiger partial charge in [0.15, 0.2) is 5.75 Å². The molecular weight excluding hydrogens is 250 g/mol. The highest BCUT2D eigenvalue weighted by Gasteiger charge is 2.17. The number of nitrogens with two attached hydrogens (primary N) is 1. The molecule has 0 aliphatic carbocycles. The topological polar surface area (TPSA) is 107 Å². The van der Waals surface area contributed by atoms with Crippen LogP contribution in [0, 0.1) is 17.0 Å². The first-order chi connectivity index (χ1) is 9.06. The number of aryl methyl sites for hydroxylation is 1. The molecule has 7 nitrogen and oxygen atoms in total. The molecule has 0 saturated carbocycles. The minimum Gasteiger partial charge on any atom is -0.487 e. The number of hydrogen-bond acceptors (Lipinski definition) is 5. The number of nitrogens with one attached hydrogen (secondary N) is 1. The summed E-state index contributed by atoms with van der Waals surface area (Å²) in [6.07, 6.45) is 1.55. The van der Waals surface area contributed by atoms with Gasteiger partial charge in [-0.2, -0.15) is 0 Å². The molecule has 1 rings (SSSR count). The fourth-order valence-electron chi connectivity index (χ4n) is 1.62. The lowest BCUT2D eigenvalue weighted by atomic mass is 10.2. The van der Waals surface area contributed by atoms with E-state index in [9.17, 15) is 14.9 Å². The van der Waals surface area contributed by atoms with Crippen LogP contribution in [0.5, 0.6) is 5.75 Å². The number of hydrazine groups is 1. The molecule has 0 radical (unpaired) electrons. The van der Waals surface area contributed by atoms with E-state index in [1.807, 2.05) is 5.43 Å². The minimum absolute atomic E-state index is 0.0119. The Kier molecular flexibility index (Phi) is 5.74. The van der Waals surface area contributed by atoms with Crippen molar-refractivity contribution in [1.82, 2.24) is 5.43 Å². The number of ether oxygens (including phenoxy) is 1. The van der Waals surface area contributed by atoms with Crippen molar-refractivity contribution >= 4 is 11.6 Å². The summed E-state index contributed by atoms with van der Waals surface area (Å²) in [6, 6.07) is 4.94. The molecule has 0 bridgehead atoms. The normalized spacial score (nSPS) is 10.0. The third-order valence-electron chi connectivity index (χ3n) is 2.60. The molecule has 0 aliphatic rings. The predicted octanol–water partition coefficient (Wildman–Crippen LogP) is 1.44. The third-order valence-corrected chi connectivity index (χ3v) is 2.60. The van der Waals surface area contributed by atoms with Crippen LogP contribution in [-0.4, -0.2) is 17.4 Å². The summed E-state index contributed by atoms with van der Waals surface area (Å²) in [5.74, 6) is 4.96. The fourth-order valence-corrected chi connectivity index (χ4v) is 1.62. The summed E-state index contributed by atoms with van der Waals surface area (Å²) in [5.41, 5.74) is 2.58. The van der Waals surface area contributed by atoms with Gasteiger partial charge in [0.1, 0.15) is 0 Å². The number of para-hydroxylation sites is 1. The highest BCUT2D eigenvalue weighted by molar-refractivity contribution is 5.75. The smallest absolute Gasteiger partial charge is 0.313 e. The van der Waals surface area contributed by atoms with E-state index >= 15 is 0 Å². The molecule has 3 N–H and O–H groups in total. The Morgan fingerprint density at radius 1 is 1.47 bits per heavy atom.